The van der Waals surface area contributed by atoms with Gasteiger partial charge < -0.3 is 14.8 Å². The maximum absolute atomic E-state index is 3.74. The van der Waals surface area contributed by atoms with Gasteiger partial charge in [-0.3, -0.25) is 0 Å². The maximum Gasteiger partial charge on any atom is 0.130 e. The quantitative estimate of drug-likeness (QED) is 0.203. The molecule has 3 heteroatoms. The number of nitrogens with zero attached hydrogens (tertiary/aromatic N) is 2. The largest absolute Gasteiger partial charge is 0.367 e. The van der Waals surface area contributed by atoms with E-state index in [1.165, 1.54) is 83.0 Å². The van der Waals surface area contributed by atoms with Crippen LogP contribution in [0.5, 0.6) is 0 Å². The van der Waals surface area contributed by atoms with E-state index in [4.69, 9.17) is 0 Å². The minimum atomic E-state index is -0.0753. The van der Waals surface area contributed by atoms with E-state index in [2.05, 4.69) is 179 Å². The van der Waals surface area contributed by atoms with Crippen LogP contribution in [0.4, 0.5) is 11.4 Å². The van der Waals surface area contributed by atoms with E-state index in [1.54, 1.807) is 0 Å². The number of benzene rings is 7. The Morgan fingerprint density at radius 1 is 0.500 bits per heavy atom. The molecule has 0 fully saturated rings. The molecule has 8 aromatic rings. The van der Waals surface area contributed by atoms with Crippen LogP contribution in [0.25, 0.3) is 66.6 Å². The Labute approximate surface area is 267 Å². The first kappa shape index (κ1) is 25.3. The van der Waals surface area contributed by atoms with Gasteiger partial charge in [0.05, 0.1) is 28.3 Å². The average molecular weight is 588 g/mol. The number of rotatable bonds is 2. The Kier molecular flexibility index (Phi) is 5.34. The molecule has 0 spiro atoms. The van der Waals surface area contributed by atoms with Gasteiger partial charge >= 0.3 is 0 Å². The summed E-state index contributed by atoms with van der Waals surface area (Å²) in [5.41, 5.74) is 12.2. The van der Waals surface area contributed by atoms with Crippen LogP contribution in [-0.4, -0.2) is 4.57 Å². The predicted octanol–water partition coefficient (Wildman–Crippen LogP) is 11.0. The summed E-state index contributed by atoms with van der Waals surface area (Å²) in [5, 5.41) is 10.0. The van der Waals surface area contributed by atoms with Gasteiger partial charge in [-0.25, -0.2) is 0 Å². The minimum Gasteiger partial charge on any atom is -0.367 e. The summed E-state index contributed by atoms with van der Waals surface area (Å²) in [6, 6.07) is 55.5. The van der Waals surface area contributed by atoms with Crippen LogP contribution in [-0.2, 0) is 0 Å². The summed E-state index contributed by atoms with van der Waals surface area (Å²) in [6.45, 7) is 0. The SMILES string of the molecule is C1=Cc2ccccc2C(N2c3ccccc3-c3c(n(-c4cc5ccccc5c5ccccc45)c4ccccc34)-c3ccccc32)N1. The van der Waals surface area contributed by atoms with E-state index >= 15 is 0 Å². The summed E-state index contributed by atoms with van der Waals surface area (Å²) in [6.07, 6.45) is 4.18. The molecule has 7 aromatic carbocycles. The topological polar surface area (TPSA) is 20.2 Å². The Balaban J connectivity index is 1.37. The lowest BCUT2D eigenvalue weighted by atomic mass is 9.97. The lowest BCUT2D eigenvalue weighted by Gasteiger charge is -2.37. The molecule has 1 aromatic heterocycles. The summed E-state index contributed by atoms with van der Waals surface area (Å²) < 4.78 is 2.53. The zero-order chi connectivity index (χ0) is 30.2. The van der Waals surface area contributed by atoms with Crippen molar-refractivity contribution in [1.82, 2.24) is 9.88 Å². The Morgan fingerprint density at radius 2 is 1.13 bits per heavy atom. The van der Waals surface area contributed by atoms with Crippen molar-refractivity contribution in [2.24, 2.45) is 0 Å². The van der Waals surface area contributed by atoms with Crippen molar-refractivity contribution < 1.29 is 0 Å². The van der Waals surface area contributed by atoms with Gasteiger partial charge in [0.15, 0.2) is 0 Å². The molecule has 0 bridgehead atoms. The van der Waals surface area contributed by atoms with Crippen LogP contribution < -0.4 is 10.2 Å². The van der Waals surface area contributed by atoms with Crippen LogP contribution in [0.15, 0.2) is 158 Å². The van der Waals surface area contributed by atoms with Gasteiger partial charge in [0.1, 0.15) is 6.17 Å². The van der Waals surface area contributed by atoms with Gasteiger partial charge in [0, 0.05) is 33.0 Å². The van der Waals surface area contributed by atoms with Gasteiger partial charge in [0.2, 0.25) is 0 Å². The standard InChI is InChI=1S/C43H29N3/c1-4-16-31-28(13-1)25-26-44-43(31)46-38-23-11-8-20-35(38)41-34-19-7-10-22-37(34)45(42(41)36-21-9-12-24-39(36)46)40-27-29-14-2-3-15-30(29)32-17-5-6-18-33(32)40/h1-27,43-44H. The zero-order valence-electron chi connectivity index (χ0n) is 25.1. The van der Waals surface area contributed by atoms with Crippen molar-refractivity contribution in [3.8, 4) is 28.1 Å². The number of anilines is 2. The van der Waals surface area contributed by atoms with Crippen LogP contribution in [0.3, 0.4) is 0 Å². The third-order valence-corrected chi connectivity index (χ3v) is 9.78. The van der Waals surface area contributed by atoms with E-state index in [0.717, 1.165) is 0 Å². The van der Waals surface area contributed by atoms with E-state index in [-0.39, 0.29) is 6.17 Å². The molecule has 10 rings (SSSR count). The Morgan fingerprint density at radius 3 is 2.00 bits per heavy atom. The number of fused-ring (bicyclic) bond motifs is 11. The van der Waals surface area contributed by atoms with Crippen molar-refractivity contribution in [1.29, 1.82) is 0 Å². The molecule has 216 valence electrons. The molecule has 0 saturated carbocycles. The number of nitrogens with one attached hydrogen (secondary N) is 1. The van der Waals surface area contributed by atoms with Gasteiger partial charge in [-0.15, -0.1) is 0 Å². The van der Waals surface area contributed by atoms with E-state index < -0.39 is 0 Å². The minimum absolute atomic E-state index is 0.0753. The number of aromatic nitrogens is 1. The highest BCUT2D eigenvalue weighted by molar-refractivity contribution is 6.16. The third-order valence-electron chi connectivity index (χ3n) is 9.78. The molecule has 1 unspecified atom stereocenters. The van der Waals surface area contributed by atoms with Crippen molar-refractivity contribution in [2.75, 3.05) is 4.90 Å². The molecule has 1 N–H and O–H groups in total. The highest BCUT2D eigenvalue weighted by Crippen LogP contribution is 2.54. The fourth-order valence-corrected chi connectivity index (χ4v) is 7.87. The second-order valence-corrected chi connectivity index (χ2v) is 12.2. The molecule has 0 radical (unpaired) electrons. The molecule has 1 atom stereocenters. The normalized spacial score (nSPS) is 14.8. The fourth-order valence-electron chi connectivity index (χ4n) is 7.87. The molecule has 0 saturated heterocycles. The van der Waals surface area contributed by atoms with E-state index in [1.807, 2.05) is 0 Å². The van der Waals surface area contributed by atoms with Crippen LogP contribution in [0.2, 0.25) is 0 Å². The molecule has 0 amide bonds. The zero-order valence-corrected chi connectivity index (χ0v) is 25.1. The van der Waals surface area contributed by atoms with Gasteiger partial charge in [0.25, 0.3) is 0 Å². The highest BCUT2D eigenvalue weighted by Gasteiger charge is 2.35. The second-order valence-electron chi connectivity index (χ2n) is 12.2. The third kappa shape index (κ3) is 3.48. The van der Waals surface area contributed by atoms with Gasteiger partial charge in [-0.1, -0.05) is 127 Å². The van der Waals surface area contributed by atoms with Crippen molar-refractivity contribution in [3.63, 3.8) is 0 Å². The second kappa shape index (κ2) is 9.72. The molecule has 46 heavy (non-hydrogen) atoms. The van der Waals surface area contributed by atoms with E-state index in [0.29, 0.717) is 0 Å². The Bertz CT molecular complexity index is 2540. The smallest absolute Gasteiger partial charge is 0.130 e. The summed E-state index contributed by atoms with van der Waals surface area (Å²) in [4.78, 5) is 2.50. The molecule has 0 aliphatic carbocycles. The molecule has 2 aliphatic heterocycles. The summed E-state index contributed by atoms with van der Waals surface area (Å²) in [5.74, 6) is 0. The Hall–Kier alpha value is -6.06. The van der Waals surface area contributed by atoms with Gasteiger partial charge in [-0.2, -0.15) is 0 Å². The van der Waals surface area contributed by atoms with E-state index in [9.17, 15) is 0 Å². The van der Waals surface area contributed by atoms with Crippen LogP contribution in [0, 0.1) is 0 Å². The van der Waals surface area contributed by atoms with Crippen molar-refractivity contribution >= 4 is 49.9 Å². The lowest BCUT2D eigenvalue weighted by Crippen LogP contribution is -2.35. The highest BCUT2D eigenvalue weighted by atomic mass is 15.3. The predicted molar refractivity (Wildman–Crippen MR) is 193 cm³/mol. The van der Waals surface area contributed by atoms with Crippen molar-refractivity contribution in [2.45, 2.75) is 6.17 Å². The molecular formula is C43H29N3. The molecule has 2 aliphatic rings. The van der Waals surface area contributed by atoms with Crippen molar-refractivity contribution in [3.05, 3.63) is 169 Å². The van der Waals surface area contributed by atoms with Crippen LogP contribution >= 0.6 is 0 Å². The first-order valence-electron chi connectivity index (χ1n) is 15.9. The maximum atomic E-state index is 3.74. The molecular weight excluding hydrogens is 558 g/mol. The number of para-hydroxylation sites is 3. The number of hydrogen-bond donors (Lipinski definition) is 1. The fraction of sp³-hybridized carbons (Fsp3) is 0.0233. The number of hydrogen-bond acceptors (Lipinski definition) is 2. The summed E-state index contributed by atoms with van der Waals surface area (Å²) >= 11 is 0. The monoisotopic (exact) mass is 587 g/mol. The first-order valence-corrected chi connectivity index (χ1v) is 15.9. The van der Waals surface area contributed by atoms with Gasteiger partial charge in [-0.05, 0) is 58.3 Å². The average Bonchev–Trinajstić information content (AvgIpc) is 3.40. The first-order chi connectivity index (χ1) is 22.9. The lowest BCUT2D eigenvalue weighted by molar-refractivity contribution is 0.626. The summed E-state index contributed by atoms with van der Waals surface area (Å²) in [7, 11) is 0. The van der Waals surface area contributed by atoms with Crippen LogP contribution in [0.1, 0.15) is 17.3 Å². The molecule has 3 heterocycles. The molecule has 3 nitrogen and oxygen atoms in total.